The number of benzene rings is 4. The molecule has 0 radical (unpaired) electrons. The Morgan fingerprint density at radius 1 is 0.441 bits per heavy atom. The summed E-state index contributed by atoms with van der Waals surface area (Å²) in [5.74, 6) is 0. The topological polar surface area (TPSA) is 0 Å². The van der Waals surface area contributed by atoms with Crippen molar-refractivity contribution in [1.82, 2.24) is 0 Å². The van der Waals surface area contributed by atoms with Gasteiger partial charge in [0.2, 0.25) is 0 Å². The summed E-state index contributed by atoms with van der Waals surface area (Å²) in [6.07, 6.45) is 5.45. The van der Waals surface area contributed by atoms with Gasteiger partial charge in [-0.1, -0.05) is 76.2 Å². The Morgan fingerprint density at radius 3 is 1.06 bits per heavy atom. The van der Waals surface area contributed by atoms with E-state index in [-0.39, 0.29) is 10.8 Å². The Balaban J connectivity index is 1.48. The van der Waals surface area contributed by atoms with E-state index in [1.807, 2.05) is 0 Å². The first-order chi connectivity index (χ1) is 16.2. The van der Waals surface area contributed by atoms with Gasteiger partial charge in [0.1, 0.15) is 0 Å². The van der Waals surface area contributed by atoms with Crippen LogP contribution in [0.4, 0.5) is 0 Å². The van der Waals surface area contributed by atoms with Gasteiger partial charge in [0.25, 0.3) is 0 Å². The summed E-state index contributed by atoms with van der Waals surface area (Å²) in [7, 11) is 0. The van der Waals surface area contributed by atoms with Crippen molar-refractivity contribution in [3.8, 4) is 11.1 Å². The minimum atomic E-state index is 0.265. The highest BCUT2D eigenvalue weighted by Crippen LogP contribution is 2.99. The quantitative estimate of drug-likeness (QED) is 0.256. The summed E-state index contributed by atoms with van der Waals surface area (Å²) in [5.41, 5.74) is 8.68. The molecule has 4 aromatic rings. The summed E-state index contributed by atoms with van der Waals surface area (Å²) in [5, 5.41) is 5.59. The van der Waals surface area contributed by atoms with E-state index in [1.54, 1.807) is 11.1 Å². The fourth-order valence-electron chi connectivity index (χ4n) is 11.8. The number of fused-ring (bicyclic) bond motifs is 5. The smallest absolute Gasteiger partial charge is 0.00680 e. The number of rotatable bonds is 0. The fraction of sp³-hybridized carbons (Fsp3) is 0.412. The van der Waals surface area contributed by atoms with E-state index < -0.39 is 0 Å². The first-order valence-electron chi connectivity index (χ1n) is 13.3. The van der Waals surface area contributed by atoms with Crippen molar-refractivity contribution in [2.45, 2.75) is 64.2 Å². The van der Waals surface area contributed by atoms with Gasteiger partial charge < -0.3 is 0 Å². The van der Waals surface area contributed by atoms with E-state index in [2.05, 4.69) is 100 Å². The molecule has 6 aliphatic carbocycles. The molecule has 168 valence electrons. The average Bonchev–Trinajstić information content (AvgIpc) is 3.16. The molecule has 0 amide bonds. The Kier molecular flexibility index (Phi) is 2.68. The molecular formula is C34H32. The third kappa shape index (κ3) is 1.44. The largest absolute Gasteiger partial charge is 0.0616 e. The Morgan fingerprint density at radius 2 is 0.735 bits per heavy atom. The zero-order valence-electron chi connectivity index (χ0n) is 20.8. The zero-order chi connectivity index (χ0) is 22.9. The standard InChI is InChI=1S/C34H32/c1-29-17-33-18-30(29,2)32(4)20-34(33,19-31(29,32)3)28-16-24-12-8-6-10-22(24)14-26(28)25-13-21-9-5-7-11-23(21)15-27(25)33/h5-16H,17-20H2,1-4H3. The average molecular weight is 441 g/mol. The maximum Gasteiger partial charge on any atom is 0.00680 e. The van der Waals surface area contributed by atoms with Crippen molar-refractivity contribution in [2.24, 2.45) is 21.7 Å². The van der Waals surface area contributed by atoms with Gasteiger partial charge in [0.15, 0.2) is 0 Å². The molecule has 0 unspecified atom stereocenters. The van der Waals surface area contributed by atoms with Crippen LogP contribution in [0.2, 0.25) is 0 Å². The highest BCUT2D eigenvalue weighted by Gasteiger charge is 2.94. The maximum absolute atomic E-state index is 2.68. The minimum Gasteiger partial charge on any atom is -0.0616 e. The van der Waals surface area contributed by atoms with Crippen molar-refractivity contribution in [3.05, 3.63) is 83.9 Å². The lowest BCUT2D eigenvalue weighted by Gasteiger charge is -2.76. The van der Waals surface area contributed by atoms with Crippen molar-refractivity contribution in [2.75, 3.05) is 0 Å². The van der Waals surface area contributed by atoms with Crippen LogP contribution in [-0.2, 0) is 10.8 Å². The van der Waals surface area contributed by atoms with Gasteiger partial charge >= 0.3 is 0 Å². The molecule has 0 heterocycles. The van der Waals surface area contributed by atoms with Crippen molar-refractivity contribution >= 4 is 21.5 Å². The van der Waals surface area contributed by atoms with Crippen molar-refractivity contribution in [3.63, 3.8) is 0 Å². The SMILES string of the molecule is CC12CC34CC1(C)C1(C)CC3(CC21C)c1cc2ccccc2cc1-c1cc2ccccc2cc14. The molecule has 6 aliphatic rings. The van der Waals surface area contributed by atoms with Crippen LogP contribution in [0.1, 0.15) is 64.5 Å². The second kappa shape index (κ2) is 4.88. The first kappa shape index (κ1) is 18.7. The summed E-state index contributed by atoms with van der Waals surface area (Å²) < 4.78 is 0. The van der Waals surface area contributed by atoms with E-state index in [9.17, 15) is 0 Å². The lowest BCUT2D eigenvalue weighted by atomic mass is 9.28. The highest BCUT2D eigenvalue weighted by atomic mass is 15.0. The third-order valence-electron chi connectivity index (χ3n) is 13.5. The molecule has 5 fully saturated rings. The molecule has 0 atom stereocenters. The highest BCUT2D eigenvalue weighted by molar-refractivity contribution is 5.97. The molecule has 2 spiro atoms. The van der Waals surface area contributed by atoms with Crippen LogP contribution in [0.15, 0.2) is 72.8 Å². The molecule has 0 aromatic heterocycles. The van der Waals surface area contributed by atoms with E-state index in [0.29, 0.717) is 21.7 Å². The van der Waals surface area contributed by atoms with Crippen LogP contribution in [-0.4, -0.2) is 0 Å². The fourth-order valence-corrected chi connectivity index (χ4v) is 11.8. The van der Waals surface area contributed by atoms with Crippen LogP contribution in [0.5, 0.6) is 0 Å². The van der Waals surface area contributed by atoms with E-state index in [4.69, 9.17) is 0 Å². The molecule has 4 aromatic carbocycles. The van der Waals surface area contributed by atoms with Gasteiger partial charge in [-0.15, -0.1) is 0 Å². The molecule has 5 saturated carbocycles. The molecule has 6 bridgehead atoms. The first-order valence-corrected chi connectivity index (χ1v) is 13.3. The molecule has 0 nitrogen and oxygen atoms in total. The summed E-state index contributed by atoms with van der Waals surface area (Å²) >= 11 is 0. The second-order valence-corrected chi connectivity index (χ2v) is 13.7. The van der Waals surface area contributed by atoms with Gasteiger partial charge in [-0.25, -0.2) is 0 Å². The number of hydrogen-bond donors (Lipinski definition) is 0. The Labute approximate surface area is 202 Å². The lowest BCUT2D eigenvalue weighted by molar-refractivity contribution is -0.283. The molecule has 0 heteroatoms. The van der Waals surface area contributed by atoms with Crippen molar-refractivity contribution in [1.29, 1.82) is 0 Å². The number of hydrogen-bond acceptors (Lipinski definition) is 0. The summed E-state index contributed by atoms with van der Waals surface area (Å²) in [6.45, 7) is 10.7. The molecular weight excluding hydrogens is 408 g/mol. The third-order valence-corrected chi connectivity index (χ3v) is 13.5. The Bertz CT molecular complexity index is 1470. The summed E-state index contributed by atoms with van der Waals surface area (Å²) in [6, 6.07) is 28.4. The molecule has 0 saturated heterocycles. The summed E-state index contributed by atoms with van der Waals surface area (Å²) in [4.78, 5) is 0. The van der Waals surface area contributed by atoms with Gasteiger partial charge in [-0.3, -0.25) is 0 Å². The van der Waals surface area contributed by atoms with Crippen LogP contribution in [0, 0.1) is 21.7 Å². The maximum atomic E-state index is 2.68. The van der Waals surface area contributed by atoms with Crippen LogP contribution in [0.3, 0.4) is 0 Å². The monoisotopic (exact) mass is 440 g/mol. The molecule has 0 aliphatic heterocycles. The molecule has 34 heavy (non-hydrogen) atoms. The van der Waals surface area contributed by atoms with Crippen LogP contribution in [0.25, 0.3) is 32.7 Å². The van der Waals surface area contributed by atoms with E-state index >= 15 is 0 Å². The van der Waals surface area contributed by atoms with Gasteiger partial charge in [0.05, 0.1) is 0 Å². The Hall–Kier alpha value is -2.60. The van der Waals surface area contributed by atoms with Crippen LogP contribution < -0.4 is 0 Å². The van der Waals surface area contributed by atoms with E-state index in [0.717, 1.165) is 0 Å². The second-order valence-electron chi connectivity index (χ2n) is 13.7. The normalized spacial score (nSPS) is 44.1. The van der Waals surface area contributed by atoms with Gasteiger partial charge in [-0.2, -0.15) is 0 Å². The molecule has 0 N–H and O–H groups in total. The lowest BCUT2D eigenvalue weighted by Crippen LogP contribution is -2.70. The predicted octanol–water partition coefficient (Wildman–Crippen LogP) is 8.79. The molecule has 10 rings (SSSR count). The van der Waals surface area contributed by atoms with Gasteiger partial charge in [-0.05, 0) is 115 Å². The van der Waals surface area contributed by atoms with Gasteiger partial charge in [0, 0.05) is 10.8 Å². The van der Waals surface area contributed by atoms with Crippen LogP contribution >= 0.6 is 0 Å². The van der Waals surface area contributed by atoms with E-state index in [1.165, 1.54) is 58.4 Å². The van der Waals surface area contributed by atoms with Crippen molar-refractivity contribution < 1.29 is 0 Å². The zero-order valence-corrected chi connectivity index (χ0v) is 20.8. The predicted molar refractivity (Wildman–Crippen MR) is 141 cm³/mol. The minimum absolute atomic E-state index is 0.265.